The monoisotopic (exact) mass is 165 g/mol. The molecule has 0 fully saturated rings. The van der Waals surface area contributed by atoms with Crippen molar-refractivity contribution >= 4 is 11.6 Å². The summed E-state index contributed by atoms with van der Waals surface area (Å²) in [6.07, 6.45) is 0.624. The van der Waals surface area contributed by atoms with Crippen molar-refractivity contribution in [1.29, 1.82) is 5.26 Å². The molecular formula is C9H8ClN. The summed E-state index contributed by atoms with van der Waals surface area (Å²) < 4.78 is 0. The highest BCUT2D eigenvalue weighted by Gasteiger charge is 2.01. The van der Waals surface area contributed by atoms with Gasteiger partial charge in [0.2, 0.25) is 0 Å². The molecule has 0 aliphatic rings. The number of rotatable bonds is 2. The lowest BCUT2D eigenvalue weighted by molar-refractivity contribution is 1.02. The molecule has 56 valence electrons. The molecule has 0 bridgehead atoms. The van der Waals surface area contributed by atoms with Gasteiger partial charge in [0, 0.05) is 6.42 Å². The zero-order valence-electron chi connectivity index (χ0n) is 6.00. The average Bonchev–Trinajstić information content (AvgIpc) is 2.06. The molecule has 0 heterocycles. The lowest BCUT2D eigenvalue weighted by atomic mass is 10.1. The molecule has 11 heavy (non-hydrogen) atoms. The summed E-state index contributed by atoms with van der Waals surface area (Å²) in [5.74, 6) is 0. The smallest absolute Gasteiger partial charge is 0.124 e. The van der Waals surface area contributed by atoms with Crippen LogP contribution in [0.1, 0.15) is 5.56 Å². The van der Waals surface area contributed by atoms with Crippen molar-refractivity contribution in [3.8, 4) is 6.07 Å². The van der Waals surface area contributed by atoms with Crippen molar-refractivity contribution in [2.24, 2.45) is 0 Å². The summed E-state index contributed by atoms with van der Waals surface area (Å²) in [5.41, 5.74) is 1.11. The summed E-state index contributed by atoms with van der Waals surface area (Å²) in [6, 6.07) is 11.7. The molecule has 0 amide bonds. The van der Waals surface area contributed by atoms with E-state index >= 15 is 0 Å². The van der Waals surface area contributed by atoms with Crippen molar-refractivity contribution in [2.45, 2.75) is 11.8 Å². The van der Waals surface area contributed by atoms with Crippen molar-refractivity contribution in [3.05, 3.63) is 35.9 Å². The van der Waals surface area contributed by atoms with E-state index in [4.69, 9.17) is 16.9 Å². The van der Waals surface area contributed by atoms with Crippen LogP contribution in [0, 0.1) is 11.3 Å². The van der Waals surface area contributed by atoms with E-state index in [1.807, 2.05) is 36.4 Å². The van der Waals surface area contributed by atoms with Gasteiger partial charge in [-0.2, -0.15) is 5.26 Å². The van der Waals surface area contributed by atoms with E-state index in [0.29, 0.717) is 6.42 Å². The molecule has 1 rings (SSSR count). The third-order valence-electron chi connectivity index (χ3n) is 1.40. The predicted molar refractivity (Wildman–Crippen MR) is 45.4 cm³/mol. The topological polar surface area (TPSA) is 23.8 Å². The van der Waals surface area contributed by atoms with Gasteiger partial charge in [-0.1, -0.05) is 30.3 Å². The number of nitriles is 1. The van der Waals surface area contributed by atoms with E-state index in [1.165, 1.54) is 0 Å². The molecule has 0 spiro atoms. The maximum Gasteiger partial charge on any atom is 0.124 e. The Kier molecular flexibility index (Phi) is 2.95. The van der Waals surface area contributed by atoms with Crippen molar-refractivity contribution in [3.63, 3.8) is 0 Å². The van der Waals surface area contributed by atoms with Crippen molar-refractivity contribution in [2.75, 3.05) is 0 Å². The second-order valence-electron chi connectivity index (χ2n) is 2.29. The molecule has 0 aliphatic carbocycles. The Labute approximate surface area is 71.2 Å². The zero-order chi connectivity index (χ0) is 8.10. The summed E-state index contributed by atoms with van der Waals surface area (Å²) in [4.78, 5) is 0. The van der Waals surface area contributed by atoms with Gasteiger partial charge in [0.25, 0.3) is 0 Å². The fourth-order valence-electron chi connectivity index (χ4n) is 0.867. The van der Waals surface area contributed by atoms with Gasteiger partial charge in [0.05, 0.1) is 6.07 Å². The minimum atomic E-state index is -0.405. The Bertz CT molecular complexity index is 250. The standard InChI is InChI=1S/C9H8ClN/c10-9(7-11)6-8-4-2-1-3-5-8/h1-5,9H,6H2/t9-/m1/s1. The normalized spacial score (nSPS) is 12.0. The molecule has 0 aromatic heterocycles. The van der Waals surface area contributed by atoms with Crippen LogP contribution in [-0.4, -0.2) is 5.38 Å². The predicted octanol–water partition coefficient (Wildman–Crippen LogP) is 2.36. The van der Waals surface area contributed by atoms with Gasteiger partial charge in [-0.25, -0.2) is 0 Å². The second kappa shape index (κ2) is 4.00. The third kappa shape index (κ3) is 2.61. The summed E-state index contributed by atoms with van der Waals surface area (Å²) in [7, 11) is 0. The Balaban J connectivity index is 2.60. The molecule has 1 atom stereocenters. The number of alkyl halides is 1. The molecule has 0 unspecified atom stereocenters. The number of hydrogen-bond donors (Lipinski definition) is 0. The molecule has 1 nitrogen and oxygen atoms in total. The average molecular weight is 166 g/mol. The highest BCUT2D eigenvalue weighted by atomic mass is 35.5. The van der Waals surface area contributed by atoms with Crippen LogP contribution in [0.3, 0.4) is 0 Å². The van der Waals surface area contributed by atoms with Crippen LogP contribution in [0.15, 0.2) is 30.3 Å². The van der Waals surface area contributed by atoms with E-state index < -0.39 is 5.38 Å². The van der Waals surface area contributed by atoms with E-state index in [2.05, 4.69) is 0 Å². The first kappa shape index (κ1) is 8.10. The quantitative estimate of drug-likeness (QED) is 0.618. The Hall–Kier alpha value is -1.00. The van der Waals surface area contributed by atoms with E-state index in [-0.39, 0.29) is 0 Å². The first-order valence-corrected chi connectivity index (χ1v) is 3.84. The van der Waals surface area contributed by atoms with Gasteiger partial charge in [-0.3, -0.25) is 0 Å². The van der Waals surface area contributed by atoms with Crippen LogP contribution in [0.5, 0.6) is 0 Å². The molecular weight excluding hydrogens is 158 g/mol. The van der Waals surface area contributed by atoms with Gasteiger partial charge in [0.15, 0.2) is 0 Å². The lowest BCUT2D eigenvalue weighted by Crippen LogP contribution is -1.98. The number of halogens is 1. The summed E-state index contributed by atoms with van der Waals surface area (Å²) >= 11 is 5.64. The lowest BCUT2D eigenvalue weighted by Gasteiger charge is -1.98. The molecule has 0 saturated heterocycles. The van der Waals surface area contributed by atoms with E-state index in [1.54, 1.807) is 0 Å². The number of nitrogens with zero attached hydrogens (tertiary/aromatic N) is 1. The Morgan fingerprint density at radius 3 is 2.55 bits per heavy atom. The minimum Gasteiger partial charge on any atom is -0.197 e. The van der Waals surface area contributed by atoms with Crippen LogP contribution in [0.4, 0.5) is 0 Å². The molecule has 2 heteroatoms. The van der Waals surface area contributed by atoms with Crippen molar-refractivity contribution in [1.82, 2.24) is 0 Å². The molecule has 0 saturated carbocycles. The maximum atomic E-state index is 8.41. The summed E-state index contributed by atoms with van der Waals surface area (Å²) in [6.45, 7) is 0. The first-order chi connectivity index (χ1) is 5.33. The minimum absolute atomic E-state index is 0.405. The van der Waals surface area contributed by atoms with Gasteiger partial charge < -0.3 is 0 Å². The van der Waals surface area contributed by atoms with Crippen LogP contribution in [0.2, 0.25) is 0 Å². The largest absolute Gasteiger partial charge is 0.197 e. The van der Waals surface area contributed by atoms with Crippen molar-refractivity contribution < 1.29 is 0 Å². The van der Waals surface area contributed by atoms with Crippen LogP contribution in [-0.2, 0) is 6.42 Å². The molecule has 1 aromatic carbocycles. The maximum absolute atomic E-state index is 8.41. The molecule has 0 aliphatic heterocycles. The van der Waals surface area contributed by atoms with Crippen LogP contribution >= 0.6 is 11.6 Å². The van der Waals surface area contributed by atoms with Gasteiger partial charge >= 0.3 is 0 Å². The number of benzene rings is 1. The van der Waals surface area contributed by atoms with Gasteiger partial charge in [-0.05, 0) is 5.56 Å². The molecule has 0 radical (unpaired) electrons. The second-order valence-corrected chi connectivity index (χ2v) is 2.81. The summed E-state index contributed by atoms with van der Waals surface area (Å²) in [5, 5.41) is 8.01. The fraction of sp³-hybridized carbons (Fsp3) is 0.222. The fourth-order valence-corrected chi connectivity index (χ4v) is 1.04. The SMILES string of the molecule is N#C[C@H](Cl)Cc1ccccc1. The van der Waals surface area contributed by atoms with Gasteiger partial charge in [-0.15, -0.1) is 11.6 Å². The number of hydrogen-bond acceptors (Lipinski definition) is 1. The Morgan fingerprint density at radius 1 is 1.36 bits per heavy atom. The van der Waals surface area contributed by atoms with E-state index in [9.17, 15) is 0 Å². The third-order valence-corrected chi connectivity index (χ3v) is 1.65. The molecule has 0 N–H and O–H groups in total. The first-order valence-electron chi connectivity index (χ1n) is 3.40. The van der Waals surface area contributed by atoms with E-state index in [0.717, 1.165) is 5.56 Å². The zero-order valence-corrected chi connectivity index (χ0v) is 6.75. The van der Waals surface area contributed by atoms with Crippen LogP contribution < -0.4 is 0 Å². The molecule has 1 aromatic rings. The highest BCUT2D eigenvalue weighted by molar-refractivity contribution is 6.22. The van der Waals surface area contributed by atoms with Crippen LogP contribution in [0.25, 0.3) is 0 Å². The Morgan fingerprint density at radius 2 is 2.00 bits per heavy atom. The van der Waals surface area contributed by atoms with Gasteiger partial charge in [0.1, 0.15) is 5.38 Å². The highest BCUT2D eigenvalue weighted by Crippen LogP contribution is 2.06.